The molecule has 5 nitrogen and oxygen atoms in total. The molecule has 0 amide bonds. The van der Waals surface area contributed by atoms with Crippen LogP contribution in [0, 0.1) is 5.41 Å². The van der Waals surface area contributed by atoms with E-state index in [0.717, 1.165) is 23.3 Å². The first-order valence-electron chi connectivity index (χ1n) is 5.95. The van der Waals surface area contributed by atoms with Gasteiger partial charge in [0.05, 0.1) is 0 Å². The molecule has 3 heterocycles. The summed E-state index contributed by atoms with van der Waals surface area (Å²) >= 11 is 0. The highest BCUT2D eigenvalue weighted by atomic mass is 15.4. The van der Waals surface area contributed by atoms with Crippen LogP contribution in [0.1, 0.15) is 27.7 Å². The van der Waals surface area contributed by atoms with E-state index in [9.17, 15) is 0 Å². The minimum Gasteiger partial charge on any atom is -0.246 e. The van der Waals surface area contributed by atoms with Crippen LogP contribution in [0.2, 0.25) is 0 Å². The van der Waals surface area contributed by atoms with Crippen LogP contribution < -0.4 is 0 Å². The van der Waals surface area contributed by atoms with Crippen molar-refractivity contribution in [2.24, 2.45) is 25.4 Å². The van der Waals surface area contributed by atoms with Crippen molar-refractivity contribution in [2.75, 3.05) is 0 Å². The summed E-state index contributed by atoms with van der Waals surface area (Å²) in [6.07, 6.45) is 5.85. The molecule has 0 aromatic heterocycles. The second kappa shape index (κ2) is 3.48. The highest BCUT2D eigenvalue weighted by molar-refractivity contribution is 6.20. The van der Waals surface area contributed by atoms with Gasteiger partial charge in [0.15, 0.2) is 0 Å². The zero-order valence-corrected chi connectivity index (χ0v) is 11.0. The highest BCUT2D eigenvalue weighted by Crippen LogP contribution is 2.27. The van der Waals surface area contributed by atoms with Gasteiger partial charge in [-0.15, -0.1) is 0 Å². The number of hydrogen-bond donors (Lipinski definition) is 0. The molecule has 0 unspecified atom stereocenters. The summed E-state index contributed by atoms with van der Waals surface area (Å²) in [5, 5.41) is 0. The number of nitrogens with zero attached hydrogens (tertiary/aromatic N) is 5. The monoisotopic (exact) mass is 241 g/mol. The van der Waals surface area contributed by atoms with Crippen LogP contribution in [0.25, 0.3) is 0 Å². The predicted molar refractivity (Wildman–Crippen MR) is 73.9 cm³/mol. The average molecular weight is 241 g/mol. The molecule has 0 fully saturated rings. The maximum absolute atomic E-state index is 4.60. The van der Waals surface area contributed by atoms with Crippen molar-refractivity contribution in [1.29, 1.82) is 0 Å². The molecule has 0 spiro atoms. The Hall–Kier alpha value is -2.04. The molecule has 0 N–H and O–H groups in total. The van der Waals surface area contributed by atoms with Crippen molar-refractivity contribution in [3.63, 3.8) is 0 Å². The second-order valence-electron chi connectivity index (χ2n) is 5.45. The maximum atomic E-state index is 4.60. The van der Waals surface area contributed by atoms with E-state index < -0.39 is 0 Å². The van der Waals surface area contributed by atoms with E-state index >= 15 is 0 Å². The Morgan fingerprint density at radius 2 is 1.83 bits per heavy atom. The molecule has 5 heteroatoms. The Bertz CT molecular complexity index is 593. The fourth-order valence-corrected chi connectivity index (χ4v) is 1.89. The normalized spacial score (nSPS) is 21.6. The Balaban J connectivity index is 2.17. The largest absolute Gasteiger partial charge is 0.246 e. The Morgan fingerprint density at radius 1 is 1.06 bits per heavy atom. The lowest BCUT2D eigenvalue weighted by molar-refractivity contribution is 0.571. The van der Waals surface area contributed by atoms with Crippen molar-refractivity contribution in [2.45, 2.75) is 27.7 Å². The third-order valence-corrected chi connectivity index (χ3v) is 2.78. The SMILES string of the molecule is CC1=NC2=NC(C(C)(C)C)=NC3=CC=CC(=N1)N32. The molecule has 0 aromatic carbocycles. The first kappa shape index (κ1) is 11.1. The molecular weight excluding hydrogens is 226 g/mol. The molecule has 0 aliphatic carbocycles. The van der Waals surface area contributed by atoms with Crippen molar-refractivity contribution in [3.05, 3.63) is 24.0 Å². The molecule has 3 aliphatic rings. The van der Waals surface area contributed by atoms with Crippen LogP contribution in [-0.2, 0) is 0 Å². The van der Waals surface area contributed by atoms with Gasteiger partial charge in [0.2, 0.25) is 5.96 Å². The molecule has 0 atom stereocenters. The van der Waals surface area contributed by atoms with Gasteiger partial charge in [0.1, 0.15) is 23.3 Å². The smallest absolute Gasteiger partial charge is 0.240 e. The lowest BCUT2D eigenvalue weighted by Gasteiger charge is -2.33. The molecule has 0 saturated carbocycles. The van der Waals surface area contributed by atoms with Gasteiger partial charge in [-0.1, -0.05) is 26.8 Å². The van der Waals surface area contributed by atoms with Crippen LogP contribution in [-0.4, -0.2) is 28.4 Å². The van der Waals surface area contributed by atoms with Crippen LogP contribution in [0.3, 0.4) is 0 Å². The molecule has 92 valence electrons. The number of amidine groups is 3. The van der Waals surface area contributed by atoms with Gasteiger partial charge >= 0.3 is 0 Å². The summed E-state index contributed by atoms with van der Waals surface area (Å²) in [4.78, 5) is 19.8. The summed E-state index contributed by atoms with van der Waals surface area (Å²) in [5.41, 5.74) is -0.0979. The van der Waals surface area contributed by atoms with Gasteiger partial charge in [-0.3, -0.25) is 0 Å². The van der Waals surface area contributed by atoms with Crippen LogP contribution in [0.5, 0.6) is 0 Å². The third kappa shape index (κ3) is 1.63. The van der Waals surface area contributed by atoms with E-state index in [1.54, 1.807) is 0 Å². The number of hydrogen-bond acceptors (Lipinski definition) is 5. The van der Waals surface area contributed by atoms with E-state index in [-0.39, 0.29) is 5.41 Å². The van der Waals surface area contributed by atoms with Gasteiger partial charge < -0.3 is 0 Å². The first-order chi connectivity index (χ1) is 8.45. The van der Waals surface area contributed by atoms with Crippen molar-refractivity contribution in [3.8, 4) is 0 Å². The number of guanidine groups is 1. The topological polar surface area (TPSA) is 52.7 Å². The fraction of sp³-hybridized carbons (Fsp3) is 0.385. The summed E-state index contributed by atoms with van der Waals surface area (Å²) in [6.45, 7) is 8.17. The molecule has 18 heavy (non-hydrogen) atoms. The van der Waals surface area contributed by atoms with Crippen LogP contribution in [0.4, 0.5) is 0 Å². The molecule has 3 aliphatic heterocycles. The zero-order valence-electron chi connectivity index (χ0n) is 11.0. The number of allylic oxidation sites excluding steroid dienone is 2. The molecule has 0 radical (unpaired) electrons. The molecule has 0 bridgehead atoms. The van der Waals surface area contributed by atoms with Crippen LogP contribution >= 0.6 is 0 Å². The minimum absolute atomic E-state index is 0.0979. The van der Waals surface area contributed by atoms with E-state index in [4.69, 9.17) is 0 Å². The van der Waals surface area contributed by atoms with E-state index in [2.05, 4.69) is 40.7 Å². The highest BCUT2D eigenvalue weighted by Gasteiger charge is 2.32. The summed E-state index contributed by atoms with van der Waals surface area (Å²) in [7, 11) is 0. The lowest BCUT2D eigenvalue weighted by atomic mass is 9.95. The Labute approximate surface area is 106 Å². The maximum Gasteiger partial charge on any atom is 0.240 e. The first-order valence-corrected chi connectivity index (χ1v) is 5.95. The fourth-order valence-electron chi connectivity index (χ4n) is 1.89. The second-order valence-corrected chi connectivity index (χ2v) is 5.45. The lowest BCUT2D eigenvalue weighted by Crippen LogP contribution is -2.42. The van der Waals surface area contributed by atoms with Gasteiger partial charge in [-0.05, 0) is 19.1 Å². The van der Waals surface area contributed by atoms with Crippen LogP contribution in [0.15, 0.2) is 44.0 Å². The number of rotatable bonds is 0. The molecule has 0 saturated heterocycles. The average Bonchev–Trinajstić information content (AvgIpc) is 2.27. The summed E-state index contributed by atoms with van der Waals surface area (Å²) in [6, 6.07) is 0. The molecular formula is C13H15N5. The molecule has 3 rings (SSSR count). The predicted octanol–water partition coefficient (Wildman–Crippen LogP) is 2.34. The van der Waals surface area contributed by atoms with Gasteiger partial charge in [0.25, 0.3) is 0 Å². The summed E-state index contributed by atoms with van der Waals surface area (Å²) in [5.74, 6) is 3.85. The Morgan fingerprint density at radius 3 is 2.56 bits per heavy atom. The minimum atomic E-state index is -0.0979. The van der Waals surface area contributed by atoms with E-state index in [1.807, 2.05) is 30.1 Å². The third-order valence-electron chi connectivity index (χ3n) is 2.78. The quantitative estimate of drug-likeness (QED) is 0.642. The number of aliphatic imine (C=N–C) groups is 4. The standard InChI is InChI=1S/C13H15N5/c1-8-14-9-6-5-7-10-16-11(13(2,3)4)17-12(15-8)18(9)10/h5-7H,1-4H3. The van der Waals surface area contributed by atoms with E-state index in [0.29, 0.717) is 5.96 Å². The van der Waals surface area contributed by atoms with Gasteiger partial charge in [-0.25, -0.2) is 14.9 Å². The van der Waals surface area contributed by atoms with Crippen molar-refractivity contribution >= 4 is 23.5 Å². The van der Waals surface area contributed by atoms with E-state index in [1.165, 1.54) is 0 Å². The van der Waals surface area contributed by atoms with Crippen molar-refractivity contribution in [1.82, 2.24) is 4.90 Å². The zero-order chi connectivity index (χ0) is 12.9. The Kier molecular flexibility index (Phi) is 2.14. The van der Waals surface area contributed by atoms with Crippen molar-refractivity contribution < 1.29 is 0 Å². The molecule has 0 aromatic rings. The summed E-state index contributed by atoms with van der Waals surface area (Å²) < 4.78 is 0. The van der Waals surface area contributed by atoms with Gasteiger partial charge in [0, 0.05) is 5.41 Å². The van der Waals surface area contributed by atoms with Gasteiger partial charge in [-0.2, -0.15) is 9.98 Å².